The highest BCUT2D eigenvalue weighted by Gasteiger charge is 2.15. The zero-order valence-corrected chi connectivity index (χ0v) is 16.3. The van der Waals surface area contributed by atoms with E-state index in [-0.39, 0.29) is 18.1 Å². The maximum absolute atomic E-state index is 11.1. The van der Waals surface area contributed by atoms with Crippen molar-refractivity contribution in [2.45, 2.75) is 0 Å². The summed E-state index contributed by atoms with van der Waals surface area (Å²) >= 11 is 1.47. The Hall–Kier alpha value is -3.23. The summed E-state index contributed by atoms with van der Waals surface area (Å²) in [5.74, 6) is 1.41. The van der Waals surface area contributed by atoms with E-state index in [4.69, 9.17) is 4.74 Å². The van der Waals surface area contributed by atoms with E-state index in [1.807, 2.05) is 35.7 Å². The molecule has 142 valence electrons. The zero-order chi connectivity index (χ0) is 18.8. The van der Waals surface area contributed by atoms with Gasteiger partial charge in [0.05, 0.1) is 17.4 Å². The van der Waals surface area contributed by atoms with Gasteiger partial charge in [-0.25, -0.2) is 9.97 Å². The number of anilines is 2. The van der Waals surface area contributed by atoms with Crippen molar-refractivity contribution < 1.29 is 9.66 Å². The molecule has 0 spiro atoms. The van der Waals surface area contributed by atoms with Crippen LogP contribution >= 0.6 is 23.7 Å². The molecule has 2 aromatic heterocycles. The summed E-state index contributed by atoms with van der Waals surface area (Å²) in [4.78, 5) is 20.2. The van der Waals surface area contributed by atoms with Crippen LogP contribution in [0.3, 0.4) is 0 Å². The average molecular weight is 415 g/mol. The Kier molecular flexibility index (Phi) is 5.72. The predicted molar refractivity (Wildman–Crippen MR) is 113 cm³/mol. The lowest BCUT2D eigenvalue weighted by Crippen LogP contribution is -1.96. The largest absolute Gasteiger partial charge is 0.497 e. The lowest BCUT2D eigenvalue weighted by molar-refractivity contribution is -0.384. The molecule has 0 aliphatic carbocycles. The fourth-order valence-electron chi connectivity index (χ4n) is 2.78. The maximum atomic E-state index is 11.1. The van der Waals surface area contributed by atoms with E-state index in [2.05, 4.69) is 15.3 Å². The van der Waals surface area contributed by atoms with Crippen LogP contribution in [-0.4, -0.2) is 22.0 Å². The number of thiophene rings is 1. The van der Waals surface area contributed by atoms with Crippen molar-refractivity contribution in [2.24, 2.45) is 0 Å². The number of non-ortho nitro benzene ring substituents is 1. The molecule has 0 amide bonds. The number of hydrogen-bond acceptors (Lipinski definition) is 7. The second kappa shape index (κ2) is 8.20. The minimum atomic E-state index is -0.398. The molecule has 0 atom stereocenters. The first-order valence-corrected chi connectivity index (χ1v) is 8.92. The summed E-state index contributed by atoms with van der Waals surface area (Å²) in [7, 11) is 1.62. The second-order valence-corrected chi connectivity index (χ2v) is 6.57. The van der Waals surface area contributed by atoms with Crippen LogP contribution in [-0.2, 0) is 0 Å². The third-order valence-corrected chi connectivity index (χ3v) is 4.98. The van der Waals surface area contributed by atoms with Gasteiger partial charge in [-0.2, -0.15) is 0 Å². The van der Waals surface area contributed by atoms with Gasteiger partial charge in [0.2, 0.25) is 0 Å². The van der Waals surface area contributed by atoms with Crippen LogP contribution in [0, 0.1) is 10.1 Å². The Morgan fingerprint density at radius 2 is 1.93 bits per heavy atom. The summed E-state index contributed by atoms with van der Waals surface area (Å²) in [5.41, 5.74) is 2.51. The van der Waals surface area contributed by atoms with Gasteiger partial charge < -0.3 is 10.1 Å². The van der Waals surface area contributed by atoms with Gasteiger partial charge in [-0.05, 0) is 29.8 Å². The van der Waals surface area contributed by atoms with Crippen LogP contribution in [0.5, 0.6) is 5.75 Å². The molecule has 0 aliphatic heterocycles. The van der Waals surface area contributed by atoms with Gasteiger partial charge in [0.15, 0.2) is 0 Å². The highest BCUT2D eigenvalue weighted by atomic mass is 35.5. The number of halogens is 1. The van der Waals surface area contributed by atoms with Crippen LogP contribution in [0.25, 0.3) is 21.3 Å². The Bertz CT molecular complexity index is 1130. The normalized spacial score (nSPS) is 10.3. The minimum Gasteiger partial charge on any atom is -0.497 e. The van der Waals surface area contributed by atoms with E-state index in [0.717, 1.165) is 32.8 Å². The number of hydrogen-bond donors (Lipinski definition) is 1. The molecular formula is C19H15ClN4O3S. The number of rotatable bonds is 5. The zero-order valence-electron chi connectivity index (χ0n) is 14.7. The molecular weight excluding hydrogens is 400 g/mol. The number of nitro benzene ring substituents is 1. The molecule has 0 fully saturated rings. The Morgan fingerprint density at radius 1 is 1.14 bits per heavy atom. The first kappa shape index (κ1) is 19.5. The number of nitrogens with one attached hydrogen (secondary N) is 1. The molecule has 0 bridgehead atoms. The smallest absolute Gasteiger partial charge is 0.270 e. The number of ether oxygens (including phenoxy) is 1. The van der Waals surface area contributed by atoms with Crippen LogP contribution in [0.4, 0.5) is 17.2 Å². The monoisotopic (exact) mass is 414 g/mol. The van der Waals surface area contributed by atoms with E-state index in [9.17, 15) is 10.1 Å². The van der Waals surface area contributed by atoms with E-state index in [1.54, 1.807) is 19.2 Å². The molecule has 9 heteroatoms. The minimum absolute atomic E-state index is 0. The summed E-state index contributed by atoms with van der Waals surface area (Å²) in [5, 5.41) is 17.2. The fourth-order valence-corrected chi connectivity index (χ4v) is 3.70. The van der Waals surface area contributed by atoms with Gasteiger partial charge in [0.1, 0.15) is 22.7 Å². The summed E-state index contributed by atoms with van der Waals surface area (Å²) in [6, 6.07) is 14.1. The molecule has 0 aliphatic rings. The topological polar surface area (TPSA) is 90.2 Å². The van der Waals surface area contributed by atoms with Crippen molar-refractivity contribution in [3.8, 4) is 16.9 Å². The Morgan fingerprint density at radius 3 is 2.64 bits per heavy atom. The average Bonchev–Trinajstić information content (AvgIpc) is 3.14. The van der Waals surface area contributed by atoms with Gasteiger partial charge in [0, 0.05) is 28.8 Å². The van der Waals surface area contributed by atoms with Crippen molar-refractivity contribution in [3.05, 3.63) is 70.4 Å². The molecule has 0 radical (unpaired) electrons. The fraction of sp³-hybridized carbons (Fsp3) is 0.0526. The number of aromatic nitrogens is 2. The summed E-state index contributed by atoms with van der Waals surface area (Å²) in [6.07, 6.45) is 1.50. The SMILES string of the molecule is COc1ccc(Nc2ncnc3scc(-c4cccc([N+](=O)[O-])c4)c23)cc1.Cl. The number of fused-ring (bicyclic) bond motifs is 1. The summed E-state index contributed by atoms with van der Waals surface area (Å²) in [6.45, 7) is 0. The molecule has 4 rings (SSSR count). The van der Waals surface area contributed by atoms with Gasteiger partial charge in [-0.3, -0.25) is 10.1 Å². The first-order valence-electron chi connectivity index (χ1n) is 8.04. The molecule has 4 aromatic rings. The van der Waals surface area contributed by atoms with Crippen LogP contribution < -0.4 is 10.1 Å². The maximum Gasteiger partial charge on any atom is 0.270 e. The molecule has 28 heavy (non-hydrogen) atoms. The third kappa shape index (κ3) is 3.73. The quantitative estimate of drug-likeness (QED) is 0.345. The van der Waals surface area contributed by atoms with Crippen molar-refractivity contribution in [2.75, 3.05) is 12.4 Å². The number of nitrogens with zero attached hydrogens (tertiary/aromatic N) is 3. The van der Waals surface area contributed by atoms with Crippen LogP contribution in [0.2, 0.25) is 0 Å². The summed E-state index contributed by atoms with van der Waals surface area (Å²) < 4.78 is 5.18. The van der Waals surface area contributed by atoms with Gasteiger partial charge in [0.25, 0.3) is 5.69 Å². The van der Waals surface area contributed by atoms with Gasteiger partial charge >= 0.3 is 0 Å². The van der Waals surface area contributed by atoms with Crippen molar-refractivity contribution in [3.63, 3.8) is 0 Å². The lowest BCUT2D eigenvalue weighted by Gasteiger charge is -2.09. The highest BCUT2D eigenvalue weighted by molar-refractivity contribution is 7.17. The van der Waals surface area contributed by atoms with Crippen molar-refractivity contribution >= 4 is 51.2 Å². The molecule has 1 N–H and O–H groups in total. The second-order valence-electron chi connectivity index (χ2n) is 5.71. The van der Waals surface area contributed by atoms with Gasteiger partial charge in [-0.15, -0.1) is 23.7 Å². The third-order valence-electron chi connectivity index (χ3n) is 4.09. The number of methoxy groups -OCH3 is 1. The molecule has 0 saturated heterocycles. The van der Waals surface area contributed by atoms with E-state index in [0.29, 0.717) is 5.82 Å². The predicted octanol–water partition coefficient (Wildman–Crippen LogP) is 5.44. The van der Waals surface area contributed by atoms with Crippen LogP contribution in [0.1, 0.15) is 0 Å². The standard InChI is InChI=1S/C19H14N4O3S.ClH/c1-26-15-7-5-13(6-8-15)22-18-17-16(10-27-19(17)21-11-20-18)12-3-2-4-14(9-12)23(24)25;/h2-11H,1H3,(H,20,21,22);1H. The molecule has 0 unspecified atom stereocenters. The van der Waals surface area contributed by atoms with E-state index >= 15 is 0 Å². The van der Waals surface area contributed by atoms with Crippen molar-refractivity contribution in [1.82, 2.24) is 9.97 Å². The van der Waals surface area contributed by atoms with E-state index in [1.165, 1.54) is 23.7 Å². The highest BCUT2D eigenvalue weighted by Crippen LogP contribution is 2.38. The van der Waals surface area contributed by atoms with Crippen LogP contribution in [0.15, 0.2) is 60.2 Å². The molecule has 7 nitrogen and oxygen atoms in total. The molecule has 0 saturated carbocycles. The van der Waals surface area contributed by atoms with Crippen molar-refractivity contribution in [1.29, 1.82) is 0 Å². The van der Waals surface area contributed by atoms with Gasteiger partial charge in [-0.1, -0.05) is 12.1 Å². The Labute approximate surface area is 170 Å². The Balaban J connectivity index is 0.00000225. The first-order chi connectivity index (χ1) is 13.2. The molecule has 2 aromatic carbocycles. The number of benzene rings is 2. The lowest BCUT2D eigenvalue weighted by atomic mass is 10.1. The number of nitro groups is 1. The van der Waals surface area contributed by atoms with E-state index < -0.39 is 4.92 Å². The molecule has 2 heterocycles.